The van der Waals surface area contributed by atoms with Gasteiger partial charge in [-0.15, -0.1) is 0 Å². The molecule has 80 valence electrons. The van der Waals surface area contributed by atoms with Crippen LogP contribution >= 0.6 is 15.9 Å². The molecule has 0 radical (unpaired) electrons. The maximum Gasteiger partial charge on any atom is 0.186 e. The average Bonchev–Trinajstić information content (AvgIpc) is 2.14. The van der Waals surface area contributed by atoms with E-state index in [1.807, 2.05) is 24.3 Å². The predicted octanol–water partition coefficient (Wildman–Crippen LogP) is 3.87. The van der Waals surface area contributed by atoms with Crippen LogP contribution in [0.5, 0.6) is 0 Å². The number of rotatable bonds is 3. The van der Waals surface area contributed by atoms with E-state index in [1.54, 1.807) is 0 Å². The van der Waals surface area contributed by atoms with Crippen LogP contribution in [-0.4, -0.2) is 8.32 Å². The molecule has 0 unspecified atom stereocenters. The van der Waals surface area contributed by atoms with Crippen molar-refractivity contribution in [2.24, 2.45) is 0 Å². The van der Waals surface area contributed by atoms with E-state index in [9.17, 15) is 0 Å². The Bertz CT molecular complexity index is 364. The molecular formula is C11H14BrNOSi. The summed E-state index contributed by atoms with van der Waals surface area (Å²) in [7, 11) is -1.67. The minimum atomic E-state index is -1.67. The third kappa shape index (κ3) is 4.16. The van der Waals surface area contributed by atoms with Gasteiger partial charge in [0, 0.05) is 4.47 Å². The van der Waals surface area contributed by atoms with E-state index in [-0.39, 0.29) is 0 Å². The second kappa shape index (κ2) is 4.93. The van der Waals surface area contributed by atoms with Crippen LogP contribution in [0.25, 0.3) is 0 Å². The second-order valence-corrected chi connectivity index (χ2v) is 9.67. The van der Waals surface area contributed by atoms with Gasteiger partial charge in [-0.1, -0.05) is 28.1 Å². The van der Waals surface area contributed by atoms with Gasteiger partial charge >= 0.3 is 0 Å². The van der Waals surface area contributed by atoms with E-state index in [0.29, 0.717) is 0 Å². The van der Waals surface area contributed by atoms with Gasteiger partial charge in [-0.05, 0) is 37.3 Å². The molecule has 0 aliphatic rings. The standard InChI is InChI=1S/C11H14BrNOSi/c1-15(2,3)14-11(8-13)9-4-6-10(12)7-5-9/h4-7,11H,1-3H3/t11-/m0/s1. The van der Waals surface area contributed by atoms with Crippen molar-refractivity contribution in [3.05, 3.63) is 34.3 Å². The molecule has 1 rings (SSSR count). The van der Waals surface area contributed by atoms with Crippen molar-refractivity contribution in [1.82, 2.24) is 0 Å². The Hall–Kier alpha value is -0.633. The lowest BCUT2D eigenvalue weighted by Crippen LogP contribution is -2.27. The van der Waals surface area contributed by atoms with Crippen LogP contribution in [0.1, 0.15) is 11.7 Å². The van der Waals surface area contributed by atoms with Crippen molar-refractivity contribution >= 4 is 24.2 Å². The molecule has 0 saturated heterocycles. The molecule has 0 aromatic heterocycles. The molecule has 0 amide bonds. The molecule has 0 bridgehead atoms. The molecule has 2 nitrogen and oxygen atoms in total. The monoisotopic (exact) mass is 283 g/mol. The summed E-state index contributed by atoms with van der Waals surface area (Å²) in [5.74, 6) is 0. The number of hydrogen-bond acceptors (Lipinski definition) is 2. The van der Waals surface area contributed by atoms with E-state index >= 15 is 0 Å². The van der Waals surface area contributed by atoms with E-state index in [2.05, 4.69) is 41.6 Å². The Morgan fingerprint density at radius 2 is 1.80 bits per heavy atom. The molecular weight excluding hydrogens is 270 g/mol. The van der Waals surface area contributed by atoms with Crippen molar-refractivity contribution in [1.29, 1.82) is 5.26 Å². The summed E-state index contributed by atoms with van der Waals surface area (Å²) in [6.07, 6.45) is -0.440. The third-order valence-electron chi connectivity index (χ3n) is 1.76. The highest BCUT2D eigenvalue weighted by Crippen LogP contribution is 2.23. The molecule has 0 saturated carbocycles. The Balaban J connectivity index is 2.85. The Kier molecular flexibility index (Phi) is 4.09. The van der Waals surface area contributed by atoms with Crippen molar-refractivity contribution in [3.8, 4) is 6.07 Å². The quantitative estimate of drug-likeness (QED) is 0.789. The Labute approximate surface area is 100 Å². The maximum absolute atomic E-state index is 9.05. The van der Waals surface area contributed by atoms with Gasteiger partial charge in [-0.2, -0.15) is 5.26 Å². The van der Waals surface area contributed by atoms with E-state index in [1.165, 1.54) is 0 Å². The van der Waals surface area contributed by atoms with Crippen LogP contribution in [0.4, 0.5) is 0 Å². The van der Waals surface area contributed by atoms with Crippen LogP contribution in [0.15, 0.2) is 28.7 Å². The minimum Gasteiger partial charge on any atom is -0.399 e. The van der Waals surface area contributed by atoms with Gasteiger partial charge in [-0.25, -0.2) is 0 Å². The summed E-state index contributed by atoms with van der Waals surface area (Å²) in [5, 5.41) is 9.05. The number of hydrogen-bond donors (Lipinski definition) is 0. The first kappa shape index (κ1) is 12.4. The van der Waals surface area contributed by atoms with Crippen LogP contribution in [-0.2, 0) is 4.43 Å². The zero-order valence-electron chi connectivity index (χ0n) is 9.12. The zero-order chi connectivity index (χ0) is 11.5. The molecule has 0 aliphatic heterocycles. The number of halogens is 1. The summed E-state index contributed by atoms with van der Waals surface area (Å²) in [5.41, 5.74) is 0.920. The van der Waals surface area contributed by atoms with E-state index in [0.717, 1.165) is 10.0 Å². The zero-order valence-corrected chi connectivity index (χ0v) is 11.7. The molecule has 1 atom stereocenters. The van der Waals surface area contributed by atoms with Crippen molar-refractivity contribution < 1.29 is 4.43 Å². The molecule has 0 aliphatic carbocycles. The summed E-state index contributed by atoms with van der Waals surface area (Å²) in [6.45, 7) is 6.24. The molecule has 1 aromatic carbocycles. The lowest BCUT2D eigenvalue weighted by Gasteiger charge is -2.21. The third-order valence-corrected chi connectivity index (χ3v) is 3.23. The van der Waals surface area contributed by atoms with Gasteiger partial charge in [0.15, 0.2) is 14.4 Å². The molecule has 4 heteroatoms. The second-order valence-electron chi connectivity index (χ2n) is 4.29. The topological polar surface area (TPSA) is 33.0 Å². The van der Waals surface area contributed by atoms with Gasteiger partial charge in [0.25, 0.3) is 0 Å². The summed E-state index contributed by atoms with van der Waals surface area (Å²) >= 11 is 3.36. The SMILES string of the molecule is C[Si](C)(C)O[C@@H](C#N)c1ccc(Br)cc1. The number of benzene rings is 1. The van der Waals surface area contributed by atoms with Crippen molar-refractivity contribution in [3.63, 3.8) is 0 Å². The van der Waals surface area contributed by atoms with Gasteiger partial charge in [0.2, 0.25) is 0 Å². The largest absolute Gasteiger partial charge is 0.399 e. The summed E-state index contributed by atoms with van der Waals surface area (Å²) < 4.78 is 6.79. The molecule has 0 fully saturated rings. The van der Waals surface area contributed by atoms with Crippen molar-refractivity contribution in [2.75, 3.05) is 0 Å². The first-order chi connectivity index (χ1) is 6.92. The normalized spacial score (nSPS) is 13.3. The average molecular weight is 284 g/mol. The van der Waals surface area contributed by atoms with Gasteiger partial charge in [-0.3, -0.25) is 0 Å². The Morgan fingerprint density at radius 3 is 2.20 bits per heavy atom. The molecule has 1 aromatic rings. The smallest absolute Gasteiger partial charge is 0.186 e. The van der Waals surface area contributed by atoms with Crippen LogP contribution in [0.2, 0.25) is 19.6 Å². The van der Waals surface area contributed by atoms with Gasteiger partial charge in [0.05, 0.1) is 6.07 Å². The highest BCUT2D eigenvalue weighted by atomic mass is 79.9. The van der Waals surface area contributed by atoms with E-state index in [4.69, 9.17) is 9.69 Å². The van der Waals surface area contributed by atoms with Gasteiger partial charge in [0.1, 0.15) is 0 Å². The first-order valence-corrected chi connectivity index (χ1v) is 8.95. The van der Waals surface area contributed by atoms with E-state index < -0.39 is 14.4 Å². The molecule has 15 heavy (non-hydrogen) atoms. The van der Waals surface area contributed by atoms with Crippen LogP contribution in [0.3, 0.4) is 0 Å². The maximum atomic E-state index is 9.05. The number of nitriles is 1. The molecule has 0 N–H and O–H groups in total. The molecule has 0 spiro atoms. The lowest BCUT2D eigenvalue weighted by atomic mass is 10.1. The van der Waals surface area contributed by atoms with Crippen molar-refractivity contribution in [2.45, 2.75) is 25.7 Å². The van der Waals surface area contributed by atoms with Crippen LogP contribution in [0, 0.1) is 11.3 Å². The predicted molar refractivity (Wildman–Crippen MR) is 66.9 cm³/mol. The fraction of sp³-hybridized carbons (Fsp3) is 0.364. The lowest BCUT2D eigenvalue weighted by molar-refractivity contribution is 0.255. The highest BCUT2D eigenvalue weighted by Gasteiger charge is 2.21. The fourth-order valence-corrected chi connectivity index (χ4v) is 2.32. The Morgan fingerprint density at radius 1 is 1.27 bits per heavy atom. The first-order valence-electron chi connectivity index (χ1n) is 4.75. The minimum absolute atomic E-state index is 0.440. The molecule has 0 heterocycles. The summed E-state index contributed by atoms with van der Waals surface area (Å²) in [4.78, 5) is 0. The van der Waals surface area contributed by atoms with Gasteiger partial charge < -0.3 is 4.43 Å². The highest BCUT2D eigenvalue weighted by molar-refractivity contribution is 9.10. The fourth-order valence-electron chi connectivity index (χ4n) is 1.16. The number of nitrogens with zero attached hydrogens (tertiary/aromatic N) is 1. The van der Waals surface area contributed by atoms with Crippen LogP contribution < -0.4 is 0 Å². The summed E-state index contributed by atoms with van der Waals surface area (Å²) in [6, 6.07) is 9.87.